The van der Waals surface area contributed by atoms with Gasteiger partial charge in [0.1, 0.15) is 0 Å². The van der Waals surface area contributed by atoms with Gasteiger partial charge in [-0.25, -0.2) is 0 Å². The predicted molar refractivity (Wildman–Crippen MR) is 302 cm³/mol. The van der Waals surface area contributed by atoms with Gasteiger partial charge in [-0.1, -0.05) is 211 Å². The third-order valence-electron chi connectivity index (χ3n) is 15.0. The first-order valence-electron chi connectivity index (χ1n) is 25.1. The van der Waals surface area contributed by atoms with Crippen molar-refractivity contribution >= 4 is 43.6 Å². The average molecular weight is 915 g/mol. The zero-order chi connectivity index (χ0) is 48.5. The van der Waals surface area contributed by atoms with Gasteiger partial charge < -0.3 is 9.13 Å². The van der Waals surface area contributed by atoms with Crippen molar-refractivity contribution in [3.8, 4) is 33.6 Å². The monoisotopic (exact) mass is 914 g/mol. The van der Waals surface area contributed by atoms with Crippen molar-refractivity contribution in [2.45, 2.75) is 57.8 Å². The minimum Gasteiger partial charge on any atom is -0.309 e. The maximum absolute atomic E-state index is 2.47. The summed E-state index contributed by atoms with van der Waals surface area (Å²) in [6.07, 6.45) is 0. The van der Waals surface area contributed by atoms with Gasteiger partial charge in [-0.2, -0.15) is 0 Å². The highest BCUT2D eigenvalue weighted by molar-refractivity contribution is 6.11. The molecule has 0 radical (unpaired) electrons. The molecule has 0 saturated carbocycles. The highest BCUT2D eigenvalue weighted by Gasteiger charge is 2.38. The molecule has 0 aliphatic heterocycles. The van der Waals surface area contributed by atoms with E-state index in [1.165, 1.54) is 99.2 Å². The molecule has 10 aromatic carbocycles. The van der Waals surface area contributed by atoms with Crippen molar-refractivity contribution in [1.29, 1.82) is 0 Å². The molecule has 2 nitrogen and oxygen atoms in total. The van der Waals surface area contributed by atoms with Crippen molar-refractivity contribution < 1.29 is 0 Å². The van der Waals surface area contributed by atoms with E-state index in [2.05, 4.69) is 293 Å². The van der Waals surface area contributed by atoms with E-state index < -0.39 is 5.41 Å². The van der Waals surface area contributed by atoms with Crippen LogP contribution in [0.2, 0.25) is 0 Å². The summed E-state index contributed by atoms with van der Waals surface area (Å²) in [4.78, 5) is 0. The molecule has 0 spiro atoms. The molecule has 0 aliphatic rings. The van der Waals surface area contributed by atoms with Gasteiger partial charge in [-0.3, -0.25) is 0 Å². The summed E-state index contributed by atoms with van der Waals surface area (Å²) in [7, 11) is 0. The van der Waals surface area contributed by atoms with Crippen molar-refractivity contribution in [1.82, 2.24) is 9.13 Å². The Bertz CT molecular complexity index is 3710. The second-order valence-electron chi connectivity index (χ2n) is 21.4. The topological polar surface area (TPSA) is 9.86 Å². The van der Waals surface area contributed by atoms with Gasteiger partial charge in [0.25, 0.3) is 0 Å². The van der Waals surface area contributed by atoms with Crippen LogP contribution in [0.1, 0.15) is 74.9 Å². The molecule has 12 aromatic rings. The molecule has 0 bridgehead atoms. The number of nitrogens with zero attached hydrogens (tertiary/aromatic N) is 2. The van der Waals surface area contributed by atoms with Gasteiger partial charge in [-0.15, -0.1) is 0 Å². The van der Waals surface area contributed by atoms with Gasteiger partial charge >= 0.3 is 0 Å². The Kier molecular flexibility index (Phi) is 10.6. The smallest absolute Gasteiger partial charge is 0.0701 e. The van der Waals surface area contributed by atoms with Gasteiger partial charge in [-0.05, 0) is 139 Å². The zero-order valence-corrected chi connectivity index (χ0v) is 41.5. The number of aromatic nitrogens is 2. The quantitative estimate of drug-likeness (QED) is 0.134. The van der Waals surface area contributed by atoms with Crippen molar-refractivity contribution in [3.05, 3.63) is 276 Å². The van der Waals surface area contributed by atoms with Crippen LogP contribution in [0.25, 0.3) is 77.2 Å². The fourth-order valence-electron chi connectivity index (χ4n) is 11.2. The summed E-state index contributed by atoms with van der Waals surface area (Å²) < 4.78 is 4.89. The third kappa shape index (κ3) is 7.49. The molecule has 0 amide bonds. The Hall–Kier alpha value is -8.20. The van der Waals surface area contributed by atoms with Gasteiger partial charge in [0, 0.05) is 32.9 Å². The lowest BCUT2D eigenvalue weighted by molar-refractivity contribution is 0.590. The largest absolute Gasteiger partial charge is 0.309 e. The summed E-state index contributed by atoms with van der Waals surface area (Å²) in [5.74, 6) is 0. The average Bonchev–Trinajstić information content (AvgIpc) is 3.91. The van der Waals surface area contributed by atoms with Crippen molar-refractivity contribution in [2.75, 3.05) is 0 Å². The molecule has 0 fully saturated rings. The Balaban J connectivity index is 0.980. The molecule has 0 unspecified atom stereocenters. The van der Waals surface area contributed by atoms with Gasteiger partial charge in [0.2, 0.25) is 0 Å². The summed E-state index contributed by atoms with van der Waals surface area (Å²) in [6, 6.07) is 90.3. The van der Waals surface area contributed by atoms with E-state index in [-0.39, 0.29) is 10.8 Å². The lowest BCUT2D eigenvalue weighted by Gasteiger charge is -2.37. The third-order valence-corrected chi connectivity index (χ3v) is 15.0. The van der Waals surface area contributed by atoms with Crippen LogP contribution in [0, 0.1) is 0 Å². The van der Waals surface area contributed by atoms with E-state index in [1.54, 1.807) is 0 Å². The first-order valence-corrected chi connectivity index (χ1v) is 25.1. The van der Waals surface area contributed by atoms with Crippen molar-refractivity contribution in [2.24, 2.45) is 0 Å². The van der Waals surface area contributed by atoms with E-state index in [4.69, 9.17) is 0 Å². The molecule has 344 valence electrons. The van der Waals surface area contributed by atoms with Crippen LogP contribution in [0.3, 0.4) is 0 Å². The van der Waals surface area contributed by atoms with Crippen LogP contribution < -0.4 is 0 Å². The highest BCUT2D eigenvalue weighted by atomic mass is 15.0. The number of hydrogen-bond donors (Lipinski definition) is 0. The lowest BCUT2D eigenvalue weighted by atomic mass is 9.65. The van der Waals surface area contributed by atoms with Crippen LogP contribution in [-0.4, -0.2) is 9.13 Å². The minimum absolute atomic E-state index is 0.0546. The number of benzene rings is 10. The Morgan fingerprint density at radius 2 is 0.535 bits per heavy atom. The van der Waals surface area contributed by atoms with Crippen LogP contribution in [0.4, 0.5) is 0 Å². The zero-order valence-electron chi connectivity index (χ0n) is 41.5. The Morgan fingerprint density at radius 1 is 0.239 bits per heavy atom. The SMILES string of the molecule is CC(C)(C)c1ccc2c(c1)c1cc(C(C)(C)C)ccc1n2-c1ccc(-c2ccc(-n3c4ccc(-c5ccccc5)cc4c4cc(C(c5ccccc5)(c5ccccc5)c5ccccc5)ccc43)cc2)cc1. The standard InChI is InChI=1S/C69H58N2/c1-67(2,3)54-32-40-64-60(44-54)61-45-55(68(4,5)6)33-41-65(61)71(64)58-37-29-49(30-38-58)48-27-35-57(36-28-48)70-63-39-31-50(47-19-11-7-12-20-47)43-59(63)62-46-56(34-42-66(62)70)69(51-21-13-8-14-22-51,52-23-15-9-16-24-52)53-25-17-10-18-26-53/h7-46H,1-6H3. The molecule has 2 heterocycles. The fourth-order valence-corrected chi connectivity index (χ4v) is 11.2. The van der Waals surface area contributed by atoms with Crippen LogP contribution in [0.15, 0.2) is 243 Å². The normalized spacial score (nSPS) is 12.4. The number of rotatable bonds is 8. The second-order valence-corrected chi connectivity index (χ2v) is 21.4. The van der Waals surface area contributed by atoms with E-state index in [1.807, 2.05) is 0 Å². The number of fused-ring (bicyclic) bond motifs is 6. The van der Waals surface area contributed by atoms with Gasteiger partial charge in [0.15, 0.2) is 0 Å². The molecule has 71 heavy (non-hydrogen) atoms. The Labute approximate surface area is 418 Å². The second kappa shape index (κ2) is 17.0. The molecule has 0 aliphatic carbocycles. The predicted octanol–water partition coefficient (Wildman–Crippen LogP) is 18.2. The lowest BCUT2D eigenvalue weighted by Crippen LogP contribution is -2.30. The van der Waals surface area contributed by atoms with Crippen LogP contribution in [0.5, 0.6) is 0 Å². The molecule has 0 N–H and O–H groups in total. The first-order chi connectivity index (χ1) is 34.5. The fraction of sp³-hybridized carbons (Fsp3) is 0.130. The van der Waals surface area contributed by atoms with E-state index in [0.29, 0.717) is 0 Å². The van der Waals surface area contributed by atoms with E-state index in [0.717, 1.165) is 11.4 Å². The highest BCUT2D eigenvalue weighted by Crippen LogP contribution is 2.47. The first kappa shape index (κ1) is 44.0. The molecular weight excluding hydrogens is 857 g/mol. The van der Waals surface area contributed by atoms with Crippen LogP contribution >= 0.6 is 0 Å². The van der Waals surface area contributed by atoms with Crippen molar-refractivity contribution in [3.63, 3.8) is 0 Å². The van der Waals surface area contributed by atoms with Crippen LogP contribution in [-0.2, 0) is 16.2 Å². The molecule has 0 saturated heterocycles. The van der Waals surface area contributed by atoms with E-state index in [9.17, 15) is 0 Å². The van der Waals surface area contributed by atoms with E-state index >= 15 is 0 Å². The van der Waals surface area contributed by atoms with Gasteiger partial charge in [0.05, 0.1) is 27.5 Å². The Morgan fingerprint density at radius 3 is 0.915 bits per heavy atom. The maximum Gasteiger partial charge on any atom is 0.0701 e. The summed E-state index contributed by atoms with van der Waals surface area (Å²) in [5, 5.41) is 5.05. The summed E-state index contributed by atoms with van der Waals surface area (Å²) in [6.45, 7) is 13.8. The summed E-state index contributed by atoms with van der Waals surface area (Å²) >= 11 is 0. The number of hydrogen-bond acceptors (Lipinski definition) is 0. The minimum atomic E-state index is -0.562. The molecule has 0 atom stereocenters. The maximum atomic E-state index is 2.47. The molecular formula is C69H58N2. The summed E-state index contributed by atoms with van der Waals surface area (Å²) in [5.41, 5.74) is 19.0. The molecule has 2 aromatic heterocycles. The molecule has 12 rings (SSSR count). The molecule has 2 heteroatoms.